The molecule has 18 heavy (non-hydrogen) atoms. The highest BCUT2D eigenvalue weighted by Crippen LogP contribution is 2.18. The molecule has 2 heterocycles. The van der Waals surface area contributed by atoms with Crippen molar-refractivity contribution in [3.63, 3.8) is 0 Å². The number of anilines is 1. The number of aromatic nitrogens is 3. The van der Waals surface area contributed by atoms with E-state index < -0.39 is 0 Å². The molecule has 94 valence electrons. The van der Waals surface area contributed by atoms with Crippen LogP contribution in [0.15, 0.2) is 24.4 Å². The van der Waals surface area contributed by atoms with Crippen molar-refractivity contribution in [3.05, 3.63) is 46.6 Å². The van der Waals surface area contributed by atoms with Crippen molar-refractivity contribution >= 4 is 17.4 Å². The first-order valence-corrected chi connectivity index (χ1v) is 6.07. The summed E-state index contributed by atoms with van der Waals surface area (Å²) < 4.78 is 0. The third-order valence-corrected chi connectivity index (χ3v) is 2.80. The van der Waals surface area contributed by atoms with Gasteiger partial charge in [-0.15, -0.1) is 0 Å². The number of hydrogen-bond acceptors (Lipinski definition) is 4. The molecule has 2 rings (SSSR count). The molecule has 4 nitrogen and oxygen atoms in total. The van der Waals surface area contributed by atoms with E-state index in [-0.39, 0.29) is 5.28 Å². The van der Waals surface area contributed by atoms with E-state index >= 15 is 0 Å². The van der Waals surface area contributed by atoms with Gasteiger partial charge in [-0.1, -0.05) is 6.07 Å². The highest BCUT2D eigenvalue weighted by molar-refractivity contribution is 6.28. The second-order valence-corrected chi connectivity index (χ2v) is 4.61. The first kappa shape index (κ1) is 12.8. The van der Waals surface area contributed by atoms with Crippen molar-refractivity contribution in [1.82, 2.24) is 15.0 Å². The van der Waals surface area contributed by atoms with Crippen molar-refractivity contribution in [2.75, 3.05) is 11.9 Å². The lowest BCUT2D eigenvalue weighted by Crippen LogP contribution is -2.20. The summed E-state index contributed by atoms with van der Waals surface area (Å²) in [6.07, 6.45) is 1.73. The Morgan fingerprint density at radius 2 is 2.00 bits per heavy atom. The molecule has 0 aromatic carbocycles. The van der Waals surface area contributed by atoms with Crippen LogP contribution in [-0.4, -0.2) is 22.0 Å². The first-order chi connectivity index (χ1) is 8.56. The van der Waals surface area contributed by atoms with E-state index in [4.69, 9.17) is 11.6 Å². The Balaban J connectivity index is 2.21. The highest BCUT2D eigenvalue weighted by Gasteiger charge is 2.09. The van der Waals surface area contributed by atoms with Crippen LogP contribution in [0.3, 0.4) is 0 Å². The zero-order chi connectivity index (χ0) is 13.1. The van der Waals surface area contributed by atoms with Crippen LogP contribution < -0.4 is 4.90 Å². The minimum Gasteiger partial charge on any atom is -0.353 e. The van der Waals surface area contributed by atoms with Crippen molar-refractivity contribution < 1.29 is 0 Å². The molecule has 0 saturated heterocycles. The maximum absolute atomic E-state index is 5.82. The quantitative estimate of drug-likeness (QED) is 0.798. The molecule has 0 bridgehead atoms. The number of pyridine rings is 1. The molecule has 0 fully saturated rings. The molecule has 0 aliphatic carbocycles. The number of rotatable bonds is 3. The predicted octanol–water partition coefficient (Wildman–Crippen LogP) is 2.78. The van der Waals surface area contributed by atoms with Gasteiger partial charge in [-0.2, -0.15) is 0 Å². The Bertz CT molecular complexity index is 556. The summed E-state index contributed by atoms with van der Waals surface area (Å²) in [6, 6.07) is 5.99. The fourth-order valence-electron chi connectivity index (χ4n) is 1.80. The van der Waals surface area contributed by atoms with Gasteiger partial charge in [0.05, 0.1) is 12.2 Å². The maximum Gasteiger partial charge on any atom is 0.224 e. The summed E-state index contributed by atoms with van der Waals surface area (Å²) >= 11 is 5.82. The second kappa shape index (κ2) is 5.31. The van der Waals surface area contributed by atoms with Crippen molar-refractivity contribution in [2.24, 2.45) is 0 Å². The number of hydrogen-bond donors (Lipinski definition) is 0. The van der Waals surface area contributed by atoms with Crippen LogP contribution >= 0.6 is 11.6 Å². The average molecular weight is 263 g/mol. The molecular weight excluding hydrogens is 248 g/mol. The zero-order valence-electron chi connectivity index (χ0n) is 10.7. The zero-order valence-corrected chi connectivity index (χ0v) is 11.4. The van der Waals surface area contributed by atoms with E-state index in [0.717, 1.165) is 22.8 Å². The molecule has 0 amide bonds. The molecule has 0 atom stereocenters. The molecule has 0 unspecified atom stereocenters. The monoisotopic (exact) mass is 262 g/mol. The van der Waals surface area contributed by atoms with E-state index in [0.29, 0.717) is 6.54 Å². The summed E-state index contributed by atoms with van der Waals surface area (Å²) in [5.74, 6) is 0.832. The van der Waals surface area contributed by atoms with Gasteiger partial charge in [0.15, 0.2) is 0 Å². The van der Waals surface area contributed by atoms with Crippen LogP contribution in [0.2, 0.25) is 5.28 Å². The van der Waals surface area contributed by atoms with Gasteiger partial charge in [-0.25, -0.2) is 9.97 Å². The van der Waals surface area contributed by atoms with E-state index in [1.54, 1.807) is 6.20 Å². The standard InChI is InChI=1S/C13H15ClN4/c1-9-7-15-13(14)17-12(9)18(3)8-11-6-4-5-10(2)16-11/h4-7H,8H2,1-3H3. The molecule has 0 spiro atoms. The molecule has 0 aliphatic rings. The van der Waals surface area contributed by atoms with Crippen LogP contribution in [-0.2, 0) is 6.54 Å². The summed E-state index contributed by atoms with van der Waals surface area (Å²) in [4.78, 5) is 14.7. The Morgan fingerprint density at radius 1 is 1.22 bits per heavy atom. The van der Waals surface area contributed by atoms with E-state index in [9.17, 15) is 0 Å². The van der Waals surface area contributed by atoms with Crippen LogP contribution in [0, 0.1) is 13.8 Å². The number of nitrogens with zero attached hydrogens (tertiary/aromatic N) is 4. The smallest absolute Gasteiger partial charge is 0.224 e. The Labute approximate surface area is 112 Å². The summed E-state index contributed by atoms with van der Waals surface area (Å²) in [5.41, 5.74) is 3.01. The molecule has 5 heteroatoms. The largest absolute Gasteiger partial charge is 0.353 e. The van der Waals surface area contributed by atoms with Gasteiger partial charge in [0.25, 0.3) is 0 Å². The molecule has 0 aliphatic heterocycles. The van der Waals surface area contributed by atoms with Crippen molar-refractivity contribution in [3.8, 4) is 0 Å². The van der Waals surface area contributed by atoms with Gasteiger partial charge in [-0.3, -0.25) is 4.98 Å². The average Bonchev–Trinajstić information content (AvgIpc) is 2.32. The summed E-state index contributed by atoms with van der Waals surface area (Å²) in [7, 11) is 1.97. The minimum absolute atomic E-state index is 0.264. The normalized spacial score (nSPS) is 10.4. The third kappa shape index (κ3) is 2.96. The SMILES string of the molecule is Cc1cccc(CN(C)c2nc(Cl)ncc2C)n1. The van der Waals surface area contributed by atoms with Gasteiger partial charge < -0.3 is 4.90 Å². The van der Waals surface area contributed by atoms with Gasteiger partial charge in [0.2, 0.25) is 5.28 Å². The number of halogens is 1. The molecule has 0 saturated carbocycles. The molecule has 0 radical (unpaired) electrons. The maximum atomic E-state index is 5.82. The molecule has 2 aromatic rings. The first-order valence-electron chi connectivity index (χ1n) is 5.69. The van der Waals surface area contributed by atoms with Gasteiger partial charge >= 0.3 is 0 Å². The van der Waals surface area contributed by atoms with E-state index in [2.05, 4.69) is 15.0 Å². The summed E-state index contributed by atoms with van der Waals surface area (Å²) in [5, 5.41) is 0.264. The molecule has 2 aromatic heterocycles. The highest BCUT2D eigenvalue weighted by atomic mass is 35.5. The fourth-order valence-corrected chi connectivity index (χ4v) is 1.93. The topological polar surface area (TPSA) is 41.9 Å². The second-order valence-electron chi connectivity index (χ2n) is 4.27. The minimum atomic E-state index is 0.264. The van der Waals surface area contributed by atoms with Gasteiger partial charge in [0, 0.05) is 24.5 Å². The number of aryl methyl sites for hydroxylation is 2. The van der Waals surface area contributed by atoms with Crippen molar-refractivity contribution in [1.29, 1.82) is 0 Å². The molecular formula is C13H15ClN4. The van der Waals surface area contributed by atoms with E-state index in [1.807, 2.05) is 44.0 Å². The van der Waals surface area contributed by atoms with E-state index in [1.165, 1.54) is 0 Å². The Morgan fingerprint density at radius 3 is 2.72 bits per heavy atom. The van der Waals surface area contributed by atoms with Crippen LogP contribution in [0.5, 0.6) is 0 Å². The lowest BCUT2D eigenvalue weighted by Gasteiger charge is -2.19. The van der Waals surface area contributed by atoms with Crippen molar-refractivity contribution in [2.45, 2.75) is 20.4 Å². The van der Waals surface area contributed by atoms with Crippen LogP contribution in [0.4, 0.5) is 5.82 Å². The lowest BCUT2D eigenvalue weighted by atomic mass is 10.3. The van der Waals surface area contributed by atoms with Gasteiger partial charge in [-0.05, 0) is 37.6 Å². The van der Waals surface area contributed by atoms with Gasteiger partial charge in [0.1, 0.15) is 5.82 Å². The third-order valence-electron chi connectivity index (χ3n) is 2.62. The Hall–Kier alpha value is -1.68. The van der Waals surface area contributed by atoms with Crippen LogP contribution in [0.1, 0.15) is 17.0 Å². The lowest BCUT2D eigenvalue weighted by molar-refractivity contribution is 0.848. The summed E-state index contributed by atoms with van der Waals surface area (Å²) in [6.45, 7) is 4.64. The fraction of sp³-hybridized carbons (Fsp3) is 0.308. The molecule has 0 N–H and O–H groups in total. The Kier molecular flexibility index (Phi) is 3.77. The predicted molar refractivity (Wildman–Crippen MR) is 72.9 cm³/mol. The van der Waals surface area contributed by atoms with Crippen LogP contribution in [0.25, 0.3) is 0 Å².